The Hall–Kier alpha value is -3.52. The number of amides is 2. The lowest BCUT2D eigenvalue weighted by molar-refractivity contribution is -0.123. The Morgan fingerprint density at radius 2 is 1.65 bits per heavy atom. The molecular weight excluding hydrogens is 394 g/mol. The largest absolute Gasteiger partial charge is 0.352 e. The zero-order valence-corrected chi connectivity index (χ0v) is 17.2. The lowest BCUT2D eigenvalue weighted by atomic mass is 10.0. The maximum Gasteiger partial charge on any atom is 0.241 e. The van der Waals surface area contributed by atoms with Gasteiger partial charge in [-0.15, -0.1) is 0 Å². The summed E-state index contributed by atoms with van der Waals surface area (Å²) in [5, 5.41) is 10.6. The summed E-state index contributed by atoms with van der Waals surface area (Å²) in [6.07, 6.45) is 2.81. The molecule has 1 fully saturated rings. The van der Waals surface area contributed by atoms with E-state index < -0.39 is 0 Å². The monoisotopic (exact) mass is 419 g/mol. The van der Waals surface area contributed by atoms with Crippen LogP contribution in [0.15, 0.2) is 65.6 Å². The molecule has 8 nitrogen and oxygen atoms in total. The number of piperidine rings is 1. The molecule has 160 valence electrons. The van der Waals surface area contributed by atoms with E-state index in [2.05, 4.69) is 20.6 Å². The van der Waals surface area contributed by atoms with Crippen molar-refractivity contribution in [1.29, 1.82) is 0 Å². The molecule has 0 unspecified atom stereocenters. The number of nitrogens with zero attached hydrogens (tertiary/aromatic N) is 3. The van der Waals surface area contributed by atoms with Gasteiger partial charge in [0.1, 0.15) is 6.54 Å². The van der Waals surface area contributed by atoms with E-state index in [0.717, 1.165) is 31.6 Å². The van der Waals surface area contributed by atoms with Gasteiger partial charge in [0.15, 0.2) is 0 Å². The molecular formula is C23H25N5O3. The standard InChI is InChI=1S/C23H25N5O3/c29-21-14-24-28(20-9-5-4-8-19(20)21)16-23(31)26-18-10-12-27(13-11-18)15-22(30)25-17-6-2-1-3-7-17/h1-9,14,18H,10-13,15-16H2,(H,25,30)(H,26,31). The van der Waals surface area contributed by atoms with E-state index in [4.69, 9.17) is 0 Å². The summed E-state index contributed by atoms with van der Waals surface area (Å²) in [5.41, 5.74) is 1.28. The Labute approximate surface area is 179 Å². The molecule has 2 N–H and O–H groups in total. The van der Waals surface area contributed by atoms with E-state index in [1.807, 2.05) is 36.4 Å². The van der Waals surface area contributed by atoms with Crippen LogP contribution in [0.1, 0.15) is 12.8 Å². The van der Waals surface area contributed by atoms with E-state index in [-0.39, 0.29) is 29.8 Å². The second-order valence-corrected chi connectivity index (χ2v) is 7.72. The van der Waals surface area contributed by atoms with Gasteiger partial charge in [-0.1, -0.05) is 30.3 Å². The van der Waals surface area contributed by atoms with Gasteiger partial charge < -0.3 is 10.6 Å². The van der Waals surface area contributed by atoms with Crippen LogP contribution < -0.4 is 16.1 Å². The first-order valence-corrected chi connectivity index (χ1v) is 10.4. The average molecular weight is 419 g/mol. The lowest BCUT2D eigenvalue weighted by Crippen LogP contribution is -2.47. The highest BCUT2D eigenvalue weighted by Crippen LogP contribution is 2.12. The van der Waals surface area contributed by atoms with Crippen molar-refractivity contribution in [2.75, 3.05) is 25.0 Å². The van der Waals surface area contributed by atoms with Crippen LogP contribution in [0.25, 0.3) is 10.9 Å². The van der Waals surface area contributed by atoms with Gasteiger partial charge in [-0.25, -0.2) is 0 Å². The number of carbonyl (C=O) groups is 2. The van der Waals surface area contributed by atoms with Crippen molar-refractivity contribution in [2.45, 2.75) is 25.4 Å². The van der Waals surface area contributed by atoms with Crippen LogP contribution in [0.5, 0.6) is 0 Å². The first-order valence-electron chi connectivity index (χ1n) is 10.4. The third-order valence-corrected chi connectivity index (χ3v) is 5.43. The number of carbonyl (C=O) groups excluding carboxylic acids is 2. The van der Waals surface area contributed by atoms with Gasteiger partial charge >= 0.3 is 0 Å². The predicted molar refractivity (Wildman–Crippen MR) is 119 cm³/mol. The van der Waals surface area contributed by atoms with Gasteiger partial charge in [-0.05, 0) is 37.1 Å². The molecule has 0 saturated carbocycles. The number of rotatable bonds is 6. The highest BCUT2D eigenvalue weighted by molar-refractivity contribution is 5.92. The zero-order valence-electron chi connectivity index (χ0n) is 17.2. The number of anilines is 1. The SMILES string of the molecule is O=C(CN1CCC(NC(=O)Cn2ncc(=O)c3ccccc32)CC1)Nc1ccccc1. The van der Waals surface area contributed by atoms with Gasteiger partial charge in [0.25, 0.3) is 0 Å². The number of hydrogen-bond acceptors (Lipinski definition) is 5. The molecule has 0 bridgehead atoms. The molecule has 0 radical (unpaired) electrons. The quantitative estimate of drug-likeness (QED) is 0.633. The molecule has 1 aliphatic heterocycles. The first-order chi connectivity index (χ1) is 15.1. The van der Waals surface area contributed by atoms with Crippen LogP contribution in [0.4, 0.5) is 5.69 Å². The van der Waals surface area contributed by atoms with E-state index in [9.17, 15) is 14.4 Å². The normalized spacial score (nSPS) is 15.0. The van der Waals surface area contributed by atoms with Crippen molar-refractivity contribution >= 4 is 28.4 Å². The second kappa shape index (κ2) is 9.53. The summed E-state index contributed by atoms with van der Waals surface area (Å²) < 4.78 is 1.55. The lowest BCUT2D eigenvalue weighted by Gasteiger charge is -2.31. The molecule has 0 aliphatic carbocycles. The Bertz CT molecular complexity index is 1120. The molecule has 4 rings (SSSR count). The molecule has 2 aromatic carbocycles. The molecule has 8 heteroatoms. The van der Waals surface area contributed by atoms with Crippen molar-refractivity contribution in [3.8, 4) is 0 Å². The third kappa shape index (κ3) is 5.35. The summed E-state index contributed by atoms with van der Waals surface area (Å²) in [4.78, 5) is 38.8. The second-order valence-electron chi connectivity index (χ2n) is 7.72. The number of benzene rings is 2. The maximum absolute atomic E-state index is 12.5. The van der Waals surface area contributed by atoms with Gasteiger partial charge in [0.2, 0.25) is 17.2 Å². The minimum atomic E-state index is -0.157. The topological polar surface area (TPSA) is 96.3 Å². The highest BCUT2D eigenvalue weighted by atomic mass is 16.2. The van der Waals surface area contributed by atoms with Crippen LogP contribution in [-0.2, 0) is 16.1 Å². The van der Waals surface area contributed by atoms with Crippen molar-refractivity contribution in [1.82, 2.24) is 20.0 Å². The Kier molecular flexibility index (Phi) is 6.37. The van der Waals surface area contributed by atoms with Crippen LogP contribution in [0.2, 0.25) is 0 Å². The molecule has 31 heavy (non-hydrogen) atoms. The van der Waals surface area contributed by atoms with Crippen molar-refractivity contribution in [2.24, 2.45) is 0 Å². The summed E-state index contributed by atoms with van der Waals surface area (Å²) >= 11 is 0. The predicted octanol–water partition coefficient (Wildman–Crippen LogP) is 1.62. The fourth-order valence-electron chi connectivity index (χ4n) is 3.86. The number of fused-ring (bicyclic) bond motifs is 1. The van der Waals surface area contributed by atoms with Crippen LogP contribution in [0.3, 0.4) is 0 Å². The minimum Gasteiger partial charge on any atom is -0.352 e. The molecule has 2 amide bonds. The van der Waals surface area contributed by atoms with E-state index >= 15 is 0 Å². The van der Waals surface area contributed by atoms with E-state index in [0.29, 0.717) is 17.4 Å². The van der Waals surface area contributed by atoms with Gasteiger partial charge in [0, 0.05) is 30.2 Å². The number of aromatic nitrogens is 2. The molecule has 0 atom stereocenters. The van der Waals surface area contributed by atoms with Crippen LogP contribution in [-0.4, -0.2) is 52.2 Å². The Morgan fingerprint density at radius 3 is 2.42 bits per heavy atom. The van der Waals surface area contributed by atoms with Crippen molar-refractivity contribution < 1.29 is 9.59 Å². The number of hydrogen-bond donors (Lipinski definition) is 2. The van der Waals surface area contributed by atoms with Crippen LogP contribution in [0, 0.1) is 0 Å². The Morgan fingerprint density at radius 1 is 0.935 bits per heavy atom. The molecule has 1 aliphatic rings. The fraction of sp³-hybridized carbons (Fsp3) is 0.304. The molecule has 3 aromatic rings. The van der Waals surface area contributed by atoms with Crippen molar-refractivity contribution in [3.63, 3.8) is 0 Å². The van der Waals surface area contributed by atoms with Gasteiger partial charge in [0.05, 0.1) is 18.3 Å². The average Bonchev–Trinajstić information content (AvgIpc) is 2.78. The number of para-hydroxylation sites is 2. The summed E-state index contributed by atoms with van der Waals surface area (Å²) in [7, 11) is 0. The smallest absolute Gasteiger partial charge is 0.241 e. The molecule has 0 spiro atoms. The Balaban J connectivity index is 1.25. The van der Waals surface area contributed by atoms with E-state index in [1.165, 1.54) is 6.20 Å². The number of nitrogens with one attached hydrogen (secondary N) is 2. The molecule has 1 saturated heterocycles. The third-order valence-electron chi connectivity index (χ3n) is 5.43. The minimum absolute atomic E-state index is 0.0372. The van der Waals surface area contributed by atoms with E-state index in [1.54, 1.807) is 22.9 Å². The fourth-order valence-corrected chi connectivity index (χ4v) is 3.86. The highest BCUT2D eigenvalue weighted by Gasteiger charge is 2.22. The molecule has 1 aromatic heterocycles. The van der Waals surface area contributed by atoms with Crippen LogP contribution >= 0.6 is 0 Å². The van der Waals surface area contributed by atoms with Gasteiger partial charge in [-0.3, -0.25) is 24.0 Å². The maximum atomic E-state index is 12.5. The summed E-state index contributed by atoms with van der Waals surface area (Å²) in [6, 6.07) is 16.6. The number of likely N-dealkylation sites (tertiary alicyclic amines) is 1. The molecule has 2 heterocycles. The zero-order chi connectivity index (χ0) is 21.6. The first kappa shape index (κ1) is 20.7. The summed E-state index contributed by atoms with van der Waals surface area (Å²) in [6.45, 7) is 1.88. The van der Waals surface area contributed by atoms with Crippen molar-refractivity contribution in [3.05, 3.63) is 71.0 Å². The summed E-state index contributed by atoms with van der Waals surface area (Å²) in [5.74, 6) is -0.175. The van der Waals surface area contributed by atoms with Gasteiger partial charge in [-0.2, -0.15) is 5.10 Å².